The summed E-state index contributed by atoms with van der Waals surface area (Å²) in [5.74, 6) is 0.0460. The molecule has 0 unspecified atom stereocenters. The summed E-state index contributed by atoms with van der Waals surface area (Å²) in [6, 6.07) is 15.1. The van der Waals surface area contributed by atoms with Gasteiger partial charge < -0.3 is 4.74 Å². The summed E-state index contributed by atoms with van der Waals surface area (Å²) in [6.45, 7) is 0.429. The Bertz CT molecular complexity index is 710. The predicted octanol–water partition coefficient (Wildman–Crippen LogP) is 3.60. The average Bonchev–Trinajstić information content (AvgIpc) is 3.30. The minimum absolute atomic E-state index is 0.388. The van der Waals surface area contributed by atoms with Crippen LogP contribution in [0.3, 0.4) is 0 Å². The van der Waals surface area contributed by atoms with Crippen LogP contribution in [0.4, 0.5) is 4.48 Å². The van der Waals surface area contributed by atoms with Crippen LogP contribution in [-0.2, 0) is 12.1 Å². The zero-order valence-corrected chi connectivity index (χ0v) is 11.4. The summed E-state index contributed by atoms with van der Waals surface area (Å²) in [5, 5.41) is 0.388. The quantitative estimate of drug-likeness (QED) is 0.806. The highest BCUT2D eigenvalue weighted by Crippen LogP contribution is 2.57. The van der Waals surface area contributed by atoms with Gasteiger partial charge in [-0.15, -0.1) is 0 Å². The topological polar surface area (TPSA) is 29.5 Å². The van der Waals surface area contributed by atoms with Gasteiger partial charge in [-0.05, 0) is 36.1 Å². The summed E-state index contributed by atoms with van der Waals surface area (Å²) in [4.78, 5) is 12.0. The van der Waals surface area contributed by atoms with Gasteiger partial charge >= 0.3 is 0 Å². The number of carbonyl (C=O) groups is 1. The standard InChI is InChI=1S/C17H14FNO2/c18-19-16(20)14-10-13(6-7-15(14)17(19)8-9-17)21-11-12-4-2-1-3-5-12/h1-7,10H,8-9,11H2. The van der Waals surface area contributed by atoms with Gasteiger partial charge in [-0.3, -0.25) is 4.79 Å². The van der Waals surface area contributed by atoms with Crippen LogP contribution >= 0.6 is 0 Å². The van der Waals surface area contributed by atoms with E-state index in [1.807, 2.05) is 42.5 Å². The average molecular weight is 283 g/mol. The molecule has 0 aromatic heterocycles. The number of amides is 1. The van der Waals surface area contributed by atoms with Crippen molar-refractivity contribution < 1.29 is 14.0 Å². The van der Waals surface area contributed by atoms with Crippen LogP contribution in [0.15, 0.2) is 48.5 Å². The third kappa shape index (κ3) is 1.82. The van der Waals surface area contributed by atoms with Crippen molar-refractivity contribution in [2.75, 3.05) is 0 Å². The van der Waals surface area contributed by atoms with E-state index in [1.54, 1.807) is 6.07 Å². The molecule has 1 amide bonds. The van der Waals surface area contributed by atoms with Crippen LogP contribution in [0, 0.1) is 0 Å². The van der Waals surface area contributed by atoms with Crippen LogP contribution in [0.1, 0.15) is 34.3 Å². The molecule has 3 nitrogen and oxygen atoms in total. The second-order valence-electron chi connectivity index (χ2n) is 5.60. The minimum Gasteiger partial charge on any atom is -0.489 e. The molecule has 0 saturated heterocycles. The molecule has 106 valence electrons. The third-order valence-corrected chi connectivity index (χ3v) is 4.25. The van der Waals surface area contributed by atoms with Gasteiger partial charge in [0.05, 0.1) is 5.56 Å². The number of fused-ring (bicyclic) bond motifs is 2. The van der Waals surface area contributed by atoms with E-state index in [9.17, 15) is 9.28 Å². The van der Waals surface area contributed by atoms with Crippen LogP contribution < -0.4 is 4.74 Å². The van der Waals surface area contributed by atoms with E-state index in [0.29, 0.717) is 35.9 Å². The normalized spacial score (nSPS) is 18.0. The lowest BCUT2D eigenvalue weighted by Gasteiger charge is -2.13. The molecule has 4 heteroatoms. The first-order valence-electron chi connectivity index (χ1n) is 7.02. The summed E-state index contributed by atoms with van der Waals surface area (Å²) < 4.78 is 19.7. The number of hydrogen-bond donors (Lipinski definition) is 0. The Morgan fingerprint density at radius 1 is 1.14 bits per heavy atom. The SMILES string of the molecule is O=C1c2cc(OCc3ccccc3)ccc2C2(CC2)N1F. The van der Waals surface area contributed by atoms with Crippen molar-refractivity contribution >= 4 is 5.91 Å². The number of benzene rings is 2. The Kier molecular flexibility index (Phi) is 2.55. The fourth-order valence-electron chi connectivity index (χ4n) is 2.93. The second-order valence-corrected chi connectivity index (χ2v) is 5.60. The van der Waals surface area contributed by atoms with E-state index in [4.69, 9.17) is 4.74 Å². The maximum atomic E-state index is 14.0. The largest absolute Gasteiger partial charge is 0.489 e. The highest BCUT2D eigenvalue weighted by molar-refractivity contribution is 6.00. The van der Waals surface area contributed by atoms with Crippen LogP contribution in [0.5, 0.6) is 5.75 Å². The van der Waals surface area contributed by atoms with Crippen molar-refractivity contribution in [3.8, 4) is 5.75 Å². The number of ether oxygens (including phenoxy) is 1. The number of halogens is 1. The van der Waals surface area contributed by atoms with Gasteiger partial charge in [0.2, 0.25) is 0 Å². The smallest absolute Gasteiger partial charge is 0.282 e. The molecule has 0 N–H and O–H groups in total. The summed E-state index contributed by atoms with van der Waals surface area (Å²) >= 11 is 0. The van der Waals surface area contributed by atoms with E-state index in [0.717, 1.165) is 11.1 Å². The van der Waals surface area contributed by atoms with E-state index in [-0.39, 0.29) is 0 Å². The van der Waals surface area contributed by atoms with Crippen molar-refractivity contribution in [2.45, 2.75) is 25.0 Å². The monoisotopic (exact) mass is 283 g/mol. The molecule has 1 spiro atoms. The van der Waals surface area contributed by atoms with E-state index >= 15 is 0 Å². The van der Waals surface area contributed by atoms with Crippen molar-refractivity contribution in [2.24, 2.45) is 0 Å². The van der Waals surface area contributed by atoms with E-state index in [1.165, 1.54) is 0 Å². The summed E-state index contributed by atoms with van der Waals surface area (Å²) in [7, 11) is 0. The number of nitrogens with zero attached hydrogens (tertiary/aromatic N) is 1. The molecular formula is C17H14FNO2. The Morgan fingerprint density at radius 3 is 2.62 bits per heavy atom. The van der Waals surface area contributed by atoms with Crippen LogP contribution in [-0.4, -0.2) is 11.0 Å². The first-order chi connectivity index (χ1) is 10.2. The Hall–Kier alpha value is -2.36. The fraction of sp³-hybridized carbons (Fsp3) is 0.235. The molecule has 1 saturated carbocycles. The molecule has 1 fully saturated rings. The molecule has 1 heterocycles. The second kappa shape index (κ2) is 4.32. The number of hydrogen-bond acceptors (Lipinski definition) is 2. The lowest BCUT2D eigenvalue weighted by molar-refractivity contribution is -0.00790. The lowest BCUT2D eigenvalue weighted by Crippen LogP contribution is -2.24. The molecule has 2 aliphatic rings. The zero-order valence-electron chi connectivity index (χ0n) is 11.4. The van der Waals surface area contributed by atoms with Crippen LogP contribution in [0.25, 0.3) is 0 Å². The molecule has 4 rings (SSSR count). The first-order valence-corrected chi connectivity index (χ1v) is 7.02. The predicted molar refractivity (Wildman–Crippen MR) is 75.4 cm³/mol. The maximum Gasteiger partial charge on any atom is 0.282 e. The molecule has 0 radical (unpaired) electrons. The molecular weight excluding hydrogens is 269 g/mol. The molecule has 2 aromatic rings. The molecule has 1 aliphatic heterocycles. The van der Waals surface area contributed by atoms with Gasteiger partial charge in [-0.2, -0.15) is 5.12 Å². The lowest BCUT2D eigenvalue weighted by atomic mass is 10.0. The highest BCUT2D eigenvalue weighted by atomic mass is 19.2. The van der Waals surface area contributed by atoms with Crippen molar-refractivity contribution in [3.05, 3.63) is 65.2 Å². The number of carbonyl (C=O) groups excluding carboxylic acids is 1. The highest BCUT2D eigenvalue weighted by Gasteiger charge is 2.59. The maximum absolute atomic E-state index is 14.0. The van der Waals surface area contributed by atoms with Crippen molar-refractivity contribution in [3.63, 3.8) is 0 Å². The molecule has 21 heavy (non-hydrogen) atoms. The first kappa shape index (κ1) is 12.4. The minimum atomic E-state index is -0.676. The molecule has 0 atom stereocenters. The summed E-state index contributed by atoms with van der Waals surface area (Å²) in [6.07, 6.45) is 1.40. The van der Waals surface area contributed by atoms with Gasteiger partial charge in [-0.1, -0.05) is 40.9 Å². The number of rotatable bonds is 3. The van der Waals surface area contributed by atoms with Gasteiger partial charge in [-0.25, -0.2) is 0 Å². The van der Waals surface area contributed by atoms with Crippen LogP contribution in [0.2, 0.25) is 0 Å². The molecule has 2 aromatic carbocycles. The molecule has 1 aliphatic carbocycles. The Labute approximate surface area is 121 Å². The van der Waals surface area contributed by atoms with Gasteiger partial charge in [0.25, 0.3) is 5.91 Å². The fourth-order valence-corrected chi connectivity index (χ4v) is 2.93. The van der Waals surface area contributed by atoms with Crippen molar-refractivity contribution in [1.82, 2.24) is 5.12 Å². The van der Waals surface area contributed by atoms with E-state index < -0.39 is 11.4 Å². The third-order valence-electron chi connectivity index (χ3n) is 4.25. The van der Waals surface area contributed by atoms with Gasteiger partial charge in [0.1, 0.15) is 17.9 Å². The Balaban J connectivity index is 1.58. The van der Waals surface area contributed by atoms with Gasteiger partial charge in [0.15, 0.2) is 0 Å². The van der Waals surface area contributed by atoms with E-state index in [2.05, 4.69) is 0 Å². The Morgan fingerprint density at radius 2 is 1.90 bits per heavy atom. The molecule has 0 bridgehead atoms. The van der Waals surface area contributed by atoms with Gasteiger partial charge in [0, 0.05) is 0 Å². The van der Waals surface area contributed by atoms with Crippen molar-refractivity contribution in [1.29, 1.82) is 0 Å². The summed E-state index contributed by atoms with van der Waals surface area (Å²) in [5.41, 5.74) is 1.60. The zero-order chi connectivity index (χ0) is 14.4.